The molecule has 1 nitrogen and oxygen atoms in total. The van der Waals surface area contributed by atoms with E-state index in [9.17, 15) is 5.11 Å². The molecule has 0 fully saturated rings. The Morgan fingerprint density at radius 1 is 0.941 bits per heavy atom. The van der Waals surface area contributed by atoms with E-state index in [0.717, 1.165) is 12.0 Å². The van der Waals surface area contributed by atoms with Crippen molar-refractivity contribution in [3.63, 3.8) is 0 Å². The Balaban J connectivity index is 1.99. The molecule has 0 bridgehead atoms. The Morgan fingerprint density at radius 2 is 1.59 bits per heavy atom. The first-order valence-electron chi connectivity index (χ1n) is 5.74. The summed E-state index contributed by atoms with van der Waals surface area (Å²) < 4.78 is 0. The number of rotatable bonds is 4. The third kappa shape index (κ3) is 3.32. The van der Waals surface area contributed by atoms with Gasteiger partial charge < -0.3 is 5.11 Å². The van der Waals surface area contributed by atoms with Gasteiger partial charge in [0, 0.05) is 5.02 Å². The SMILES string of the molecule is OC(CCc1ccccc1)c1ccccc1Cl. The van der Waals surface area contributed by atoms with Crippen LogP contribution in [0.25, 0.3) is 0 Å². The largest absolute Gasteiger partial charge is 0.388 e. The minimum Gasteiger partial charge on any atom is -0.388 e. The second kappa shape index (κ2) is 5.85. The lowest BCUT2D eigenvalue weighted by molar-refractivity contribution is 0.168. The van der Waals surface area contributed by atoms with Gasteiger partial charge in [0.15, 0.2) is 0 Å². The quantitative estimate of drug-likeness (QED) is 0.864. The van der Waals surface area contributed by atoms with Crippen LogP contribution in [0.2, 0.25) is 5.02 Å². The summed E-state index contributed by atoms with van der Waals surface area (Å²) in [6, 6.07) is 17.6. The molecule has 0 aliphatic heterocycles. The second-order valence-corrected chi connectivity index (χ2v) is 4.47. The molecule has 0 radical (unpaired) electrons. The summed E-state index contributed by atoms with van der Waals surface area (Å²) in [4.78, 5) is 0. The molecule has 0 saturated heterocycles. The highest BCUT2D eigenvalue weighted by Gasteiger charge is 2.10. The summed E-state index contributed by atoms with van der Waals surface area (Å²) in [5.74, 6) is 0. The molecule has 17 heavy (non-hydrogen) atoms. The number of aryl methyl sites for hydroxylation is 1. The van der Waals surface area contributed by atoms with Crippen LogP contribution in [0.15, 0.2) is 54.6 Å². The lowest BCUT2D eigenvalue weighted by Gasteiger charge is -2.12. The van der Waals surface area contributed by atoms with Crippen LogP contribution >= 0.6 is 11.6 Å². The number of benzene rings is 2. The van der Waals surface area contributed by atoms with Gasteiger partial charge >= 0.3 is 0 Å². The number of aliphatic hydroxyl groups excluding tert-OH is 1. The van der Waals surface area contributed by atoms with E-state index in [1.807, 2.05) is 42.5 Å². The smallest absolute Gasteiger partial charge is 0.0807 e. The van der Waals surface area contributed by atoms with Gasteiger partial charge in [-0.15, -0.1) is 0 Å². The molecule has 0 aromatic heterocycles. The third-order valence-corrected chi connectivity index (χ3v) is 3.16. The average Bonchev–Trinajstić information content (AvgIpc) is 2.38. The average molecular weight is 247 g/mol. The molecule has 2 aromatic carbocycles. The zero-order valence-electron chi connectivity index (χ0n) is 9.51. The zero-order valence-corrected chi connectivity index (χ0v) is 10.3. The van der Waals surface area contributed by atoms with Gasteiger partial charge in [0.2, 0.25) is 0 Å². The topological polar surface area (TPSA) is 20.2 Å². The van der Waals surface area contributed by atoms with Gasteiger partial charge in [-0.3, -0.25) is 0 Å². The molecule has 2 rings (SSSR count). The Labute approximate surface area is 107 Å². The molecule has 0 aliphatic rings. The van der Waals surface area contributed by atoms with Crippen molar-refractivity contribution in [2.45, 2.75) is 18.9 Å². The molecule has 1 atom stereocenters. The first-order valence-corrected chi connectivity index (χ1v) is 6.11. The monoisotopic (exact) mass is 246 g/mol. The molecule has 0 spiro atoms. The van der Waals surface area contributed by atoms with Crippen LogP contribution < -0.4 is 0 Å². The van der Waals surface area contributed by atoms with E-state index in [1.165, 1.54) is 5.56 Å². The molecule has 88 valence electrons. The van der Waals surface area contributed by atoms with Crippen molar-refractivity contribution in [2.24, 2.45) is 0 Å². The van der Waals surface area contributed by atoms with E-state index < -0.39 is 6.10 Å². The Morgan fingerprint density at radius 3 is 2.29 bits per heavy atom. The second-order valence-electron chi connectivity index (χ2n) is 4.06. The first-order chi connectivity index (χ1) is 8.27. The Kier molecular flexibility index (Phi) is 4.18. The first kappa shape index (κ1) is 12.2. The maximum absolute atomic E-state index is 10.1. The molecule has 0 saturated carbocycles. The lowest BCUT2D eigenvalue weighted by Crippen LogP contribution is -2.00. The third-order valence-electron chi connectivity index (χ3n) is 2.81. The van der Waals surface area contributed by atoms with E-state index in [0.29, 0.717) is 11.4 Å². The summed E-state index contributed by atoms with van der Waals surface area (Å²) in [5, 5.41) is 10.7. The molecular formula is C15H15ClO. The maximum Gasteiger partial charge on any atom is 0.0807 e. The minimum absolute atomic E-state index is 0.496. The van der Waals surface area contributed by atoms with Gasteiger partial charge in [0.1, 0.15) is 0 Å². The number of hydrogen-bond acceptors (Lipinski definition) is 1. The van der Waals surface area contributed by atoms with E-state index in [4.69, 9.17) is 11.6 Å². The van der Waals surface area contributed by atoms with Crippen LogP contribution in [0.4, 0.5) is 0 Å². The highest BCUT2D eigenvalue weighted by atomic mass is 35.5. The number of halogens is 1. The fourth-order valence-electron chi connectivity index (χ4n) is 1.85. The molecule has 0 amide bonds. The summed E-state index contributed by atoms with van der Waals surface area (Å²) in [6.45, 7) is 0. The molecule has 1 N–H and O–H groups in total. The molecule has 2 aromatic rings. The molecule has 0 aliphatic carbocycles. The van der Waals surface area contributed by atoms with Crippen LogP contribution in [0.5, 0.6) is 0 Å². The maximum atomic E-state index is 10.1. The summed E-state index contributed by atoms with van der Waals surface area (Å²) in [5.41, 5.74) is 2.05. The van der Waals surface area contributed by atoms with Crippen molar-refractivity contribution >= 4 is 11.6 Å². The summed E-state index contributed by atoms with van der Waals surface area (Å²) in [6.07, 6.45) is 1.05. The number of aliphatic hydroxyl groups is 1. The van der Waals surface area contributed by atoms with Crippen molar-refractivity contribution in [1.82, 2.24) is 0 Å². The van der Waals surface area contributed by atoms with Crippen LogP contribution in [0, 0.1) is 0 Å². The van der Waals surface area contributed by atoms with Crippen molar-refractivity contribution in [2.75, 3.05) is 0 Å². The predicted octanol–water partition coefficient (Wildman–Crippen LogP) is 4.01. The minimum atomic E-state index is -0.496. The number of hydrogen-bond donors (Lipinski definition) is 1. The van der Waals surface area contributed by atoms with Crippen LogP contribution in [-0.2, 0) is 6.42 Å². The van der Waals surface area contributed by atoms with Gasteiger partial charge in [-0.1, -0.05) is 60.1 Å². The van der Waals surface area contributed by atoms with Crippen molar-refractivity contribution in [3.8, 4) is 0 Å². The van der Waals surface area contributed by atoms with Gasteiger partial charge in [-0.05, 0) is 30.0 Å². The fourth-order valence-corrected chi connectivity index (χ4v) is 2.11. The lowest BCUT2D eigenvalue weighted by atomic mass is 10.0. The Hall–Kier alpha value is -1.31. The van der Waals surface area contributed by atoms with E-state index in [-0.39, 0.29) is 0 Å². The highest BCUT2D eigenvalue weighted by molar-refractivity contribution is 6.31. The standard InChI is InChI=1S/C15H15ClO/c16-14-9-5-4-8-13(14)15(17)11-10-12-6-2-1-3-7-12/h1-9,15,17H,10-11H2. The van der Waals surface area contributed by atoms with Crippen LogP contribution in [-0.4, -0.2) is 5.11 Å². The molecule has 1 unspecified atom stereocenters. The van der Waals surface area contributed by atoms with Crippen LogP contribution in [0.3, 0.4) is 0 Å². The fraction of sp³-hybridized carbons (Fsp3) is 0.200. The van der Waals surface area contributed by atoms with Gasteiger partial charge in [-0.25, -0.2) is 0 Å². The molecule has 2 heteroatoms. The van der Waals surface area contributed by atoms with Gasteiger partial charge in [-0.2, -0.15) is 0 Å². The van der Waals surface area contributed by atoms with E-state index in [1.54, 1.807) is 0 Å². The van der Waals surface area contributed by atoms with E-state index in [2.05, 4.69) is 12.1 Å². The summed E-state index contributed by atoms with van der Waals surface area (Å²) in [7, 11) is 0. The summed E-state index contributed by atoms with van der Waals surface area (Å²) >= 11 is 6.04. The molecular weight excluding hydrogens is 232 g/mol. The van der Waals surface area contributed by atoms with Crippen molar-refractivity contribution < 1.29 is 5.11 Å². The van der Waals surface area contributed by atoms with Gasteiger partial charge in [0.25, 0.3) is 0 Å². The normalized spacial score (nSPS) is 12.4. The van der Waals surface area contributed by atoms with Crippen LogP contribution in [0.1, 0.15) is 23.7 Å². The van der Waals surface area contributed by atoms with Gasteiger partial charge in [0.05, 0.1) is 6.10 Å². The Bertz CT molecular complexity index is 467. The predicted molar refractivity (Wildman–Crippen MR) is 71.2 cm³/mol. The van der Waals surface area contributed by atoms with E-state index >= 15 is 0 Å². The van der Waals surface area contributed by atoms with Crippen molar-refractivity contribution in [1.29, 1.82) is 0 Å². The zero-order chi connectivity index (χ0) is 12.1. The van der Waals surface area contributed by atoms with Crippen molar-refractivity contribution in [3.05, 3.63) is 70.7 Å². The highest BCUT2D eigenvalue weighted by Crippen LogP contribution is 2.25. The molecule has 0 heterocycles.